The minimum atomic E-state index is -3.50. The zero-order valence-electron chi connectivity index (χ0n) is 12.8. The van der Waals surface area contributed by atoms with Crippen LogP contribution in [0.1, 0.15) is 37.8 Å². The predicted octanol–water partition coefficient (Wildman–Crippen LogP) is 2.41. The zero-order chi connectivity index (χ0) is 15.5. The number of hydrogen-bond donors (Lipinski definition) is 0. The van der Waals surface area contributed by atoms with Crippen LogP contribution in [0.5, 0.6) is 0 Å². The first kappa shape index (κ1) is 16.7. The first-order valence-corrected chi connectivity index (χ1v) is 8.54. The van der Waals surface area contributed by atoms with Crippen molar-refractivity contribution in [1.82, 2.24) is 4.31 Å². The molecule has 0 heterocycles. The molecule has 0 saturated carbocycles. The molecule has 4 nitrogen and oxygen atoms in total. The molecule has 0 radical (unpaired) electrons. The van der Waals surface area contributed by atoms with Crippen LogP contribution < -0.4 is 0 Å². The van der Waals surface area contributed by atoms with Crippen LogP contribution in [0, 0.1) is 5.92 Å². The fourth-order valence-electron chi connectivity index (χ4n) is 1.99. The molecule has 1 amide bonds. The van der Waals surface area contributed by atoms with Gasteiger partial charge in [-0.25, -0.2) is 12.7 Å². The van der Waals surface area contributed by atoms with Gasteiger partial charge in [-0.3, -0.25) is 4.79 Å². The molecule has 5 heteroatoms. The van der Waals surface area contributed by atoms with Crippen molar-refractivity contribution < 1.29 is 13.2 Å². The van der Waals surface area contributed by atoms with Gasteiger partial charge in [-0.1, -0.05) is 38.1 Å². The van der Waals surface area contributed by atoms with Gasteiger partial charge in [-0.15, -0.1) is 0 Å². The lowest BCUT2D eigenvalue weighted by atomic mass is 9.96. The van der Waals surface area contributed by atoms with E-state index in [9.17, 15) is 13.2 Å². The highest BCUT2D eigenvalue weighted by molar-refractivity contribution is 7.88. The Labute approximate surface area is 121 Å². The average Bonchev–Trinajstić information content (AvgIpc) is 2.35. The van der Waals surface area contributed by atoms with Crippen molar-refractivity contribution in [3.63, 3.8) is 0 Å². The maximum Gasteiger partial charge on any atom is 0.243 e. The van der Waals surface area contributed by atoms with Crippen molar-refractivity contribution in [2.75, 3.05) is 13.3 Å². The van der Waals surface area contributed by atoms with Gasteiger partial charge >= 0.3 is 0 Å². The number of nitrogens with zero attached hydrogens (tertiary/aromatic N) is 1. The van der Waals surface area contributed by atoms with Crippen LogP contribution in [0.15, 0.2) is 24.3 Å². The normalized spacial score (nSPS) is 13.3. The Kier molecular flexibility index (Phi) is 5.34. The average molecular weight is 297 g/mol. The largest absolute Gasteiger partial charge is 0.273 e. The van der Waals surface area contributed by atoms with E-state index >= 15 is 0 Å². The molecule has 1 unspecified atom stereocenters. The lowest BCUT2D eigenvalue weighted by Crippen LogP contribution is -2.35. The molecule has 0 N–H and O–H groups in total. The van der Waals surface area contributed by atoms with E-state index in [-0.39, 0.29) is 0 Å². The molecule has 0 aliphatic carbocycles. The Bertz CT molecular complexity index is 561. The maximum atomic E-state index is 12.1. The first-order chi connectivity index (χ1) is 9.12. The summed E-state index contributed by atoms with van der Waals surface area (Å²) >= 11 is 0. The molecule has 0 fully saturated rings. The van der Waals surface area contributed by atoms with Crippen molar-refractivity contribution in [3.8, 4) is 0 Å². The van der Waals surface area contributed by atoms with E-state index in [1.807, 2.05) is 24.3 Å². The van der Waals surface area contributed by atoms with E-state index in [0.29, 0.717) is 5.92 Å². The number of hydrogen-bond acceptors (Lipinski definition) is 3. The number of amides is 1. The molecule has 0 aromatic heterocycles. The fourth-order valence-corrected chi connectivity index (χ4v) is 2.48. The van der Waals surface area contributed by atoms with Crippen molar-refractivity contribution >= 4 is 15.9 Å². The van der Waals surface area contributed by atoms with E-state index in [1.165, 1.54) is 12.6 Å². The molecule has 0 spiro atoms. The molecule has 0 aliphatic heterocycles. The monoisotopic (exact) mass is 297 g/mol. The Morgan fingerprint density at radius 3 is 2.05 bits per heavy atom. The second-order valence-corrected chi connectivity index (χ2v) is 7.64. The molecule has 0 bridgehead atoms. The van der Waals surface area contributed by atoms with Gasteiger partial charge in [0, 0.05) is 7.05 Å². The third kappa shape index (κ3) is 4.34. The second-order valence-electron chi connectivity index (χ2n) is 5.63. The SMILES string of the molecule is CC(C)Cc1ccc(C(C)C(=O)N(C)S(C)(=O)=O)cc1. The van der Waals surface area contributed by atoms with Crippen LogP contribution in [-0.2, 0) is 21.2 Å². The summed E-state index contributed by atoms with van der Waals surface area (Å²) in [5, 5.41) is 0. The zero-order valence-corrected chi connectivity index (χ0v) is 13.6. The maximum absolute atomic E-state index is 12.1. The summed E-state index contributed by atoms with van der Waals surface area (Å²) in [5.74, 6) is -0.303. The Balaban J connectivity index is 2.87. The van der Waals surface area contributed by atoms with E-state index in [4.69, 9.17) is 0 Å². The summed E-state index contributed by atoms with van der Waals surface area (Å²) in [6.07, 6.45) is 2.02. The molecular formula is C15H23NO3S. The molecule has 0 aliphatic rings. The lowest BCUT2D eigenvalue weighted by Gasteiger charge is -2.19. The molecular weight excluding hydrogens is 274 g/mol. The molecule has 112 valence electrons. The van der Waals surface area contributed by atoms with Gasteiger partial charge < -0.3 is 0 Å². The summed E-state index contributed by atoms with van der Waals surface area (Å²) in [6, 6.07) is 7.80. The highest BCUT2D eigenvalue weighted by Crippen LogP contribution is 2.20. The number of carbonyl (C=O) groups is 1. The van der Waals surface area contributed by atoms with Crippen molar-refractivity contribution in [2.45, 2.75) is 33.1 Å². The van der Waals surface area contributed by atoms with Gasteiger partial charge in [0.05, 0.1) is 12.2 Å². The second kappa shape index (κ2) is 6.39. The molecule has 20 heavy (non-hydrogen) atoms. The topological polar surface area (TPSA) is 54.5 Å². The molecule has 1 aromatic rings. The standard InChI is InChI=1S/C15H23NO3S/c1-11(2)10-13-6-8-14(9-7-13)12(3)15(17)16(4)20(5,18)19/h6-9,11-12H,10H2,1-5H3. The van der Waals surface area contributed by atoms with Crippen LogP contribution in [0.2, 0.25) is 0 Å². The van der Waals surface area contributed by atoms with E-state index in [0.717, 1.165) is 22.5 Å². The van der Waals surface area contributed by atoms with Gasteiger partial charge in [0.2, 0.25) is 15.9 Å². The van der Waals surface area contributed by atoms with E-state index < -0.39 is 21.8 Å². The van der Waals surface area contributed by atoms with Gasteiger partial charge in [-0.2, -0.15) is 0 Å². The van der Waals surface area contributed by atoms with Gasteiger partial charge in [0.15, 0.2) is 0 Å². The van der Waals surface area contributed by atoms with Crippen molar-refractivity contribution in [3.05, 3.63) is 35.4 Å². The van der Waals surface area contributed by atoms with Crippen LogP contribution in [0.25, 0.3) is 0 Å². The Hall–Kier alpha value is -1.36. The highest BCUT2D eigenvalue weighted by atomic mass is 32.2. The van der Waals surface area contributed by atoms with Crippen LogP contribution in [-0.4, -0.2) is 31.9 Å². The summed E-state index contributed by atoms with van der Waals surface area (Å²) in [7, 11) is -2.20. The predicted molar refractivity (Wildman–Crippen MR) is 81.0 cm³/mol. The lowest BCUT2D eigenvalue weighted by molar-refractivity contribution is -0.126. The number of sulfonamides is 1. The minimum Gasteiger partial charge on any atom is -0.273 e. The molecule has 1 rings (SSSR count). The van der Waals surface area contributed by atoms with E-state index in [1.54, 1.807) is 6.92 Å². The fraction of sp³-hybridized carbons (Fsp3) is 0.533. The summed E-state index contributed by atoms with van der Waals surface area (Å²) in [6.45, 7) is 6.03. The summed E-state index contributed by atoms with van der Waals surface area (Å²) in [5.41, 5.74) is 2.05. The third-order valence-electron chi connectivity index (χ3n) is 3.30. The molecule has 1 atom stereocenters. The summed E-state index contributed by atoms with van der Waals surface area (Å²) < 4.78 is 23.6. The van der Waals surface area contributed by atoms with E-state index in [2.05, 4.69) is 13.8 Å². The Morgan fingerprint density at radius 2 is 1.65 bits per heavy atom. The minimum absolute atomic E-state index is 0.413. The third-order valence-corrected chi connectivity index (χ3v) is 4.48. The molecule has 1 aromatic carbocycles. The van der Waals surface area contributed by atoms with Crippen molar-refractivity contribution in [1.29, 1.82) is 0 Å². The van der Waals surface area contributed by atoms with Gasteiger partial charge in [0.25, 0.3) is 0 Å². The number of rotatable bonds is 5. The molecule has 0 saturated heterocycles. The van der Waals surface area contributed by atoms with Crippen LogP contribution in [0.3, 0.4) is 0 Å². The number of carbonyl (C=O) groups excluding carboxylic acids is 1. The quantitative estimate of drug-likeness (QED) is 0.838. The van der Waals surface area contributed by atoms with Gasteiger partial charge in [0.1, 0.15) is 0 Å². The van der Waals surface area contributed by atoms with Crippen molar-refractivity contribution in [2.24, 2.45) is 5.92 Å². The number of likely N-dealkylation sites (N-methyl/N-ethyl adjacent to an activating group) is 1. The summed E-state index contributed by atoms with van der Waals surface area (Å²) in [4.78, 5) is 12.1. The van der Waals surface area contributed by atoms with Gasteiger partial charge in [-0.05, 0) is 30.4 Å². The Morgan fingerprint density at radius 1 is 1.15 bits per heavy atom. The van der Waals surface area contributed by atoms with Crippen LogP contribution in [0.4, 0.5) is 0 Å². The van der Waals surface area contributed by atoms with Crippen LogP contribution >= 0.6 is 0 Å². The number of benzene rings is 1. The smallest absolute Gasteiger partial charge is 0.243 e. The first-order valence-electron chi connectivity index (χ1n) is 6.69. The highest BCUT2D eigenvalue weighted by Gasteiger charge is 2.24.